The van der Waals surface area contributed by atoms with Crippen LogP contribution in [0, 0.1) is 28.6 Å². The van der Waals surface area contributed by atoms with E-state index in [0.29, 0.717) is 49.6 Å². The largest absolute Gasteiger partial charge is 0.396 e. The molecule has 5 rings (SSSR count). The lowest BCUT2D eigenvalue weighted by Crippen LogP contribution is -2.56. The molecule has 1 aromatic heterocycles. The van der Waals surface area contributed by atoms with Crippen LogP contribution in [-0.4, -0.2) is 66.4 Å². The molecule has 3 aliphatic carbocycles. The van der Waals surface area contributed by atoms with E-state index in [1.165, 1.54) is 6.42 Å². The number of fused-ring (bicyclic) bond motifs is 1. The lowest BCUT2D eigenvalue weighted by molar-refractivity contribution is -0.0758. The standard InChI is InChI=1S/C25H37FN4O3/c1-24(2,15-26)5-6-30-23(29-7-9-33-10-8-29)19(14-27-30)22(32)28-21-4-3-17-11-20-18(21)13-25(20,12-17)16-31/h5-6,14,17-18,20-21,31H,3-4,7-13,15-16H2,1-2H3,(H,28,32)/b6-5+/t17?,18?,20?,21-,25+/m1/s1. The third-order valence-electron chi connectivity index (χ3n) is 8.60. The number of nitrogens with one attached hydrogen (secondary N) is 1. The summed E-state index contributed by atoms with van der Waals surface area (Å²) in [5, 5.41) is 17.8. The number of carbonyl (C=O) groups is 1. The zero-order chi connectivity index (χ0) is 23.2. The molecule has 5 atom stereocenters. The van der Waals surface area contributed by atoms with E-state index >= 15 is 0 Å². The number of nitrogens with zero attached hydrogens (tertiary/aromatic N) is 3. The summed E-state index contributed by atoms with van der Waals surface area (Å²) in [6, 6.07) is 0.148. The summed E-state index contributed by atoms with van der Waals surface area (Å²) in [5.74, 6) is 2.33. The fourth-order valence-corrected chi connectivity index (χ4v) is 6.71. The molecule has 1 aliphatic heterocycles. The van der Waals surface area contributed by atoms with Crippen LogP contribution in [0.3, 0.4) is 0 Å². The van der Waals surface area contributed by atoms with Gasteiger partial charge in [0.2, 0.25) is 0 Å². The molecule has 182 valence electrons. The van der Waals surface area contributed by atoms with Gasteiger partial charge in [0.1, 0.15) is 11.4 Å². The maximum atomic E-state index is 13.5. The van der Waals surface area contributed by atoms with Gasteiger partial charge in [-0.25, -0.2) is 4.68 Å². The van der Waals surface area contributed by atoms with Gasteiger partial charge in [-0.2, -0.15) is 5.10 Å². The quantitative estimate of drug-likeness (QED) is 0.654. The first kappa shape index (κ1) is 22.8. The molecular weight excluding hydrogens is 423 g/mol. The Morgan fingerprint density at radius 2 is 2.15 bits per heavy atom. The molecule has 2 heterocycles. The Labute approximate surface area is 195 Å². The van der Waals surface area contributed by atoms with E-state index in [2.05, 4.69) is 15.3 Å². The highest BCUT2D eigenvalue weighted by Crippen LogP contribution is 2.66. The van der Waals surface area contributed by atoms with Gasteiger partial charge in [-0.15, -0.1) is 0 Å². The number of aliphatic hydroxyl groups excluding tert-OH is 1. The molecule has 2 bridgehead atoms. The molecule has 4 aliphatic rings. The minimum absolute atomic E-state index is 0.0924. The van der Waals surface area contributed by atoms with E-state index in [9.17, 15) is 14.3 Å². The smallest absolute Gasteiger partial charge is 0.256 e. The van der Waals surface area contributed by atoms with E-state index in [-0.39, 0.29) is 24.0 Å². The van der Waals surface area contributed by atoms with Crippen molar-refractivity contribution in [2.75, 3.05) is 44.5 Å². The number of alkyl halides is 1. The third kappa shape index (κ3) is 4.09. The van der Waals surface area contributed by atoms with Crippen LogP contribution < -0.4 is 10.2 Å². The van der Waals surface area contributed by atoms with Gasteiger partial charge in [-0.1, -0.05) is 19.9 Å². The molecule has 8 heteroatoms. The molecule has 0 spiro atoms. The van der Waals surface area contributed by atoms with Crippen molar-refractivity contribution < 1.29 is 19.0 Å². The second-order valence-corrected chi connectivity index (χ2v) is 11.3. The van der Waals surface area contributed by atoms with Crippen molar-refractivity contribution in [1.82, 2.24) is 15.1 Å². The van der Waals surface area contributed by atoms with Gasteiger partial charge in [0.05, 0.1) is 26.1 Å². The topological polar surface area (TPSA) is 79.6 Å². The fourth-order valence-electron chi connectivity index (χ4n) is 6.71. The number of carbonyl (C=O) groups excluding carboxylic acids is 1. The Hall–Kier alpha value is -1.93. The third-order valence-corrected chi connectivity index (χ3v) is 8.60. The maximum Gasteiger partial charge on any atom is 0.256 e. The van der Waals surface area contributed by atoms with E-state index in [0.717, 1.165) is 31.5 Å². The average Bonchev–Trinajstić information content (AvgIpc) is 3.31. The van der Waals surface area contributed by atoms with Gasteiger partial charge < -0.3 is 20.1 Å². The molecule has 1 aromatic rings. The molecule has 1 amide bonds. The van der Waals surface area contributed by atoms with Crippen molar-refractivity contribution in [2.24, 2.45) is 28.6 Å². The predicted molar refractivity (Wildman–Crippen MR) is 125 cm³/mol. The normalized spacial score (nSPS) is 33.8. The number of aromatic nitrogens is 2. The number of hydrogen-bond donors (Lipinski definition) is 2. The summed E-state index contributed by atoms with van der Waals surface area (Å²) in [5.41, 5.74) is 0.0674. The molecule has 1 saturated heterocycles. The van der Waals surface area contributed by atoms with Crippen molar-refractivity contribution in [3.05, 3.63) is 17.8 Å². The minimum Gasteiger partial charge on any atom is -0.396 e. The second kappa shape index (κ2) is 8.69. The summed E-state index contributed by atoms with van der Waals surface area (Å²) in [6.45, 7) is 6.04. The first-order chi connectivity index (χ1) is 15.9. The van der Waals surface area contributed by atoms with Crippen LogP contribution in [0.15, 0.2) is 12.3 Å². The Kier molecular flexibility index (Phi) is 6.02. The van der Waals surface area contributed by atoms with Gasteiger partial charge in [0.15, 0.2) is 0 Å². The molecule has 33 heavy (non-hydrogen) atoms. The van der Waals surface area contributed by atoms with Crippen molar-refractivity contribution in [3.8, 4) is 0 Å². The molecule has 0 radical (unpaired) electrons. The number of aliphatic hydroxyl groups is 1. The van der Waals surface area contributed by atoms with Gasteiger partial charge in [-0.3, -0.25) is 9.18 Å². The van der Waals surface area contributed by atoms with Crippen LogP contribution in [0.1, 0.15) is 56.3 Å². The van der Waals surface area contributed by atoms with Gasteiger partial charge >= 0.3 is 0 Å². The number of hydrogen-bond acceptors (Lipinski definition) is 5. The highest BCUT2D eigenvalue weighted by molar-refractivity contribution is 5.99. The number of ether oxygens (including phenoxy) is 1. The zero-order valence-electron chi connectivity index (χ0n) is 19.8. The first-order valence-corrected chi connectivity index (χ1v) is 12.4. The summed E-state index contributed by atoms with van der Waals surface area (Å²) in [6.07, 6.45) is 10.7. The van der Waals surface area contributed by atoms with Gasteiger partial charge in [0.25, 0.3) is 5.91 Å². The van der Waals surface area contributed by atoms with Crippen LogP contribution in [0.2, 0.25) is 0 Å². The molecule has 0 aromatic carbocycles. The van der Waals surface area contributed by atoms with E-state index in [1.54, 1.807) is 23.2 Å². The highest BCUT2D eigenvalue weighted by Gasteiger charge is 2.61. The number of anilines is 1. The number of amides is 1. The van der Waals surface area contributed by atoms with Crippen LogP contribution in [0.25, 0.3) is 6.20 Å². The first-order valence-electron chi connectivity index (χ1n) is 12.4. The summed E-state index contributed by atoms with van der Waals surface area (Å²) in [4.78, 5) is 15.7. The second-order valence-electron chi connectivity index (χ2n) is 11.3. The summed E-state index contributed by atoms with van der Waals surface area (Å²) < 4.78 is 20.5. The Balaban J connectivity index is 1.37. The fraction of sp³-hybridized carbons (Fsp3) is 0.760. The Bertz CT molecular complexity index is 909. The zero-order valence-corrected chi connectivity index (χ0v) is 19.8. The van der Waals surface area contributed by atoms with Crippen molar-refractivity contribution in [2.45, 2.75) is 52.0 Å². The van der Waals surface area contributed by atoms with Crippen molar-refractivity contribution >= 4 is 17.9 Å². The predicted octanol–water partition coefficient (Wildman–Crippen LogP) is 3.10. The number of allylic oxidation sites excluding steroid dienone is 1. The van der Waals surface area contributed by atoms with E-state index in [4.69, 9.17) is 4.74 Å². The molecular formula is C25H37FN4O3. The van der Waals surface area contributed by atoms with Gasteiger partial charge in [-0.05, 0) is 55.3 Å². The molecule has 3 unspecified atom stereocenters. The summed E-state index contributed by atoms with van der Waals surface area (Å²) >= 11 is 0. The Morgan fingerprint density at radius 1 is 1.36 bits per heavy atom. The van der Waals surface area contributed by atoms with Crippen molar-refractivity contribution in [1.29, 1.82) is 0 Å². The highest BCUT2D eigenvalue weighted by atomic mass is 19.1. The van der Waals surface area contributed by atoms with Crippen LogP contribution in [0.4, 0.5) is 10.2 Å². The summed E-state index contributed by atoms with van der Waals surface area (Å²) in [7, 11) is 0. The minimum atomic E-state index is -0.597. The van der Waals surface area contributed by atoms with E-state index in [1.807, 2.05) is 13.8 Å². The maximum absolute atomic E-state index is 13.5. The molecule has 4 fully saturated rings. The van der Waals surface area contributed by atoms with Crippen LogP contribution >= 0.6 is 0 Å². The van der Waals surface area contributed by atoms with Crippen LogP contribution in [-0.2, 0) is 4.74 Å². The monoisotopic (exact) mass is 460 g/mol. The van der Waals surface area contributed by atoms with Gasteiger partial charge in [0, 0.05) is 37.4 Å². The SMILES string of the molecule is CC(C)(/C=C/n1ncc(C(=O)N[C@@H]2CCC3CC4C2C[C@]4(CO)C3)c1N1CCOCC1)CF. The molecule has 2 N–H and O–H groups in total. The number of rotatable bonds is 7. The van der Waals surface area contributed by atoms with Crippen LogP contribution in [0.5, 0.6) is 0 Å². The van der Waals surface area contributed by atoms with E-state index < -0.39 is 12.1 Å². The lowest BCUT2D eigenvalue weighted by Gasteiger charge is -2.54. The average molecular weight is 461 g/mol. The lowest BCUT2D eigenvalue weighted by atomic mass is 9.53. The number of morpholine rings is 1. The Morgan fingerprint density at radius 3 is 2.88 bits per heavy atom. The molecule has 3 saturated carbocycles. The molecule has 7 nitrogen and oxygen atoms in total. The number of halogens is 1. The van der Waals surface area contributed by atoms with Crippen molar-refractivity contribution in [3.63, 3.8) is 0 Å².